The topological polar surface area (TPSA) is 35.2 Å². The molecule has 2 N–H and O–H groups in total. The smallest absolute Gasteiger partial charge is 0.119 e. The molecular formula is C18H29NO. The van der Waals surface area contributed by atoms with Crippen molar-refractivity contribution < 1.29 is 4.74 Å². The van der Waals surface area contributed by atoms with Crippen LogP contribution in [0.25, 0.3) is 0 Å². The molecule has 1 aliphatic rings. The Bertz CT molecular complexity index is 424. The number of rotatable bonds is 4. The Hall–Kier alpha value is -1.02. The summed E-state index contributed by atoms with van der Waals surface area (Å²) < 4.78 is 6.17. The van der Waals surface area contributed by atoms with Gasteiger partial charge in [-0.25, -0.2) is 0 Å². The third-order valence-electron chi connectivity index (χ3n) is 5.17. The molecule has 0 amide bonds. The monoisotopic (exact) mass is 275 g/mol. The molecular weight excluding hydrogens is 246 g/mol. The second-order valence-corrected chi connectivity index (χ2v) is 6.99. The molecule has 0 heterocycles. The fraction of sp³-hybridized carbons (Fsp3) is 0.667. The van der Waals surface area contributed by atoms with E-state index in [1.54, 1.807) is 0 Å². The molecule has 0 spiro atoms. The number of benzene rings is 1. The molecule has 2 rings (SSSR count). The van der Waals surface area contributed by atoms with Crippen LogP contribution in [0.4, 0.5) is 0 Å². The lowest BCUT2D eigenvalue weighted by molar-refractivity contribution is 0.0502. The summed E-state index contributed by atoms with van der Waals surface area (Å²) in [5.41, 5.74) is 7.92. The largest absolute Gasteiger partial charge is 0.489 e. The van der Waals surface area contributed by atoms with E-state index in [-0.39, 0.29) is 12.1 Å². The first-order chi connectivity index (χ1) is 9.42. The summed E-state index contributed by atoms with van der Waals surface area (Å²) >= 11 is 0. The molecule has 0 radical (unpaired) electrons. The summed E-state index contributed by atoms with van der Waals surface area (Å²) in [7, 11) is 0. The Kier molecular flexibility index (Phi) is 4.74. The van der Waals surface area contributed by atoms with Gasteiger partial charge in [-0.2, -0.15) is 0 Å². The summed E-state index contributed by atoms with van der Waals surface area (Å²) in [6.45, 7) is 9.12. The quantitative estimate of drug-likeness (QED) is 0.889. The SMILES string of the molecule is CCC(C)(C)C1CCC(N)C(Oc2ccc(C)cc2)C1. The molecule has 1 fully saturated rings. The maximum absolute atomic E-state index is 6.28. The summed E-state index contributed by atoms with van der Waals surface area (Å²) in [6, 6.07) is 8.46. The van der Waals surface area contributed by atoms with Crippen LogP contribution in [-0.2, 0) is 0 Å². The fourth-order valence-corrected chi connectivity index (χ4v) is 3.08. The molecule has 0 saturated heterocycles. The molecule has 2 nitrogen and oxygen atoms in total. The van der Waals surface area contributed by atoms with Gasteiger partial charge < -0.3 is 10.5 Å². The second-order valence-electron chi connectivity index (χ2n) is 6.99. The third kappa shape index (κ3) is 3.54. The van der Waals surface area contributed by atoms with Crippen molar-refractivity contribution >= 4 is 0 Å². The molecule has 0 bridgehead atoms. The minimum absolute atomic E-state index is 0.155. The van der Waals surface area contributed by atoms with Crippen LogP contribution in [-0.4, -0.2) is 12.1 Å². The van der Waals surface area contributed by atoms with Crippen LogP contribution in [0.3, 0.4) is 0 Å². The highest BCUT2D eigenvalue weighted by Crippen LogP contribution is 2.41. The van der Waals surface area contributed by atoms with E-state index >= 15 is 0 Å². The van der Waals surface area contributed by atoms with Crippen LogP contribution in [0.5, 0.6) is 5.75 Å². The lowest BCUT2D eigenvalue weighted by Crippen LogP contribution is -2.46. The van der Waals surface area contributed by atoms with E-state index in [1.165, 1.54) is 18.4 Å². The highest BCUT2D eigenvalue weighted by Gasteiger charge is 2.36. The molecule has 20 heavy (non-hydrogen) atoms. The Balaban J connectivity index is 2.04. The van der Waals surface area contributed by atoms with Crippen LogP contribution >= 0.6 is 0 Å². The zero-order valence-electron chi connectivity index (χ0n) is 13.4. The minimum Gasteiger partial charge on any atom is -0.489 e. The molecule has 0 aromatic heterocycles. The predicted molar refractivity (Wildman–Crippen MR) is 85.0 cm³/mol. The first-order valence-corrected chi connectivity index (χ1v) is 7.91. The Morgan fingerprint density at radius 2 is 1.85 bits per heavy atom. The van der Waals surface area contributed by atoms with E-state index in [0.717, 1.165) is 18.6 Å². The summed E-state index contributed by atoms with van der Waals surface area (Å²) in [5.74, 6) is 1.66. The van der Waals surface area contributed by atoms with Crippen LogP contribution in [0.1, 0.15) is 52.0 Å². The second kappa shape index (κ2) is 6.17. The van der Waals surface area contributed by atoms with Crippen molar-refractivity contribution in [3.8, 4) is 5.75 Å². The zero-order valence-corrected chi connectivity index (χ0v) is 13.4. The zero-order chi connectivity index (χ0) is 14.8. The van der Waals surface area contributed by atoms with Crippen LogP contribution in [0.2, 0.25) is 0 Å². The maximum atomic E-state index is 6.28. The van der Waals surface area contributed by atoms with Gasteiger partial charge in [-0.3, -0.25) is 0 Å². The van der Waals surface area contributed by atoms with Gasteiger partial charge in [0.1, 0.15) is 11.9 Å². The van der Waals surface area contributed by atoms with Gasteiger partial charge >= 0.3 is 0 Å². The molecule has 112 valence electrons. The van der Waals surface area contributed by atoms with Crippen LogP contribution in [0.15, 0.2) is 24.3 Å². The standard InChI is InChI=1S/C18H29NO/c1-5-18(3,4)14-8-11-16(19)17(12-14)20-15-9-6-13(2)7-10-15/h6-7,9-10,14,16-17H,5,8,11-12,19H2,1-4H3. The molecule has 1 aliphatic carbocycles. The lowest BCUT2D eigenvalue weighted by Gasteiger charge is -2.41. The fourth-order valence-electron chi connectivity index (χ4n) is 3.08. The molecule has 3 atom stereocenters. The Labute approximate surface area is 123 Å². The van der Waals surface area contributed by atoms with E-state index in [9.17, 15) is 0 Å². The van der Waals surface area contributed by atoms with Crippen molar-refractivity contribution in [1.29, 1.82) is 0 Å². The van der Waals surface area contributed by atoms with Crippen molar-refractivity contribution in [2.75, 3.05) is 0 Å². The minimum atomic E-state index is 0.155. The van der Waals surface area contributed by atoms with Gasteiger partial charge in [-0.1, -0.05) is 44.9 Å². The van der Waals surface area contributed by atoms with Gasteiger partial charge in [0.05, 0.1) is 0 Å². The predicted octanol–water partition coefficient (Wildman–Crippen LogP) is 4.31. The highest BCUT2D eigenvalue weighted by molar-refractivity contribution is 5.26. The molecule has 1 aromatic carbocycles. The third-order valence-corrected chi connectivity index (χ3v) is 5.17. The summed E-state index contributed by atoms with van der Waals surface area (Å²) in [5, 5.41) is 0. The van der Waals surface area contributed by atoms with E-state index in [4.69, 9.17) is 10.5 Å². The lowest BCUT2D eigenvalue weighted by atomic mass is 9.68. The summed E-state index contributed by atoms with van der Waals surface area (Å²) in [4.78, 5) is 0. The average molecular weight is 275 g/mol. The molecule has 1 aromatic rings. The van der Waals surface area contributed by atoms with Gasteiger partial charge in [0.25, 0.3) is 0 Å². The van der Waals surface area contributed by atoms with E-state index in [1.807, 2.05) is 0 Å². The van der Waals surface area contributed by atoms with Crippen molar-refractivity contribution in [2.24, 2.45) is 17.1 Å². The number of hydrogen-bond acceptors (Lipinski definition) is 2. The average Bonchev–Trinajstić information content (AvgIpc) is 2.43. The van der Waals surface area contributed by atoms with E-state index in [0.29, 0.717) is 11.3 Å². The number of aryl methyl sites for hydroxylation is 1. The molecule has 2 heteroatoms. The molecule has 3 unspecified atom stereocenters. The van der Waals surface area contributed by atoms with E-state index < -0.39 is 0 Å². The highest BCUT2D eigenvalue weighted by atomic mass is 16.5. The van der Waals surface area contributed by atoms with E-state index in [2.05, 4.69) is 52.0 Å². The first-order valence-electron chi connectivity index (χ1n) is 7.91. The van der Waals surface area contributed by atoms with Gasteiger partial charge in [0.2, 0.25) is 0 Å². The Morgan fingerprint density at radius 1 is 1.20 bits per heavy atom. The normalized spacial score (nSPS) is 27.4. The van der Waals surface area contributed by atoms with Gasteiger partial charge in [0.15, 0.2) is 0 Å². The van der Waals surface area contributed by atoms with Crippen molar-refractivity contribution in [2.45, 2.75) is 65.5 Å². The first kappa shape index (κ1) is 15.4. The number of hydrogen-bond donors (Lipinski definition) is 1. The van der Waals surface area contributed by atoms with Crippen LogP contribution in [0, 0.1) is 18.3 Å². The van der Waals surface area contributed by atoms with Gasteiger partial charge in [-0.05, 0) is 49.7 Å². The van der Waals surface area contributed by atoms with Crippen molar-refractivity contribution in [3.05, 3.63) is 29.8 Å². The van der Waals surface area contributed by atoms with Gasteiger partial charge in [-0.15, -0.1) is 0 Å². The Morgan fingerprint density at radius 3 is 2.45 bits per heavy atom. The molecule has 1 saturated carbocycles. The van der Waals surface area contributed by atoms with Crippen molar-refractivity contribution in [1.82, 2.24) is 0 Å². The summed E-state index contributed by atoms with van der Waals surface area (Å²) in [6.07, 6.45) is 4.75. The number of nitrogens with two attached hydrogens (primary N) is 1. The van der Waals surface area contributed by atoms with Crippen LogP contribution < -0.4 is 10.5 Å². The van der Waals surface area contributed by atoms with Crippen molar-refractivity contribution in [3.63, 3.8) is 0 Å². The number of ether oxygens (including phenoxy) is 1. The maximum Gasteiger partial charge on any atom is 0.119 e. The molecule has 0 aliphatic heterocycles. The van der Waals surface area contributed by atoms with Gasteiger partial charge in [0, 0.05) is 6.04 Å².